The smallest absolute Gasteiger partial charge is 0.264 e. The maximum atomic E-state index is 13.3. The van der Waals surface area contributed by atoms with Gasteiger partial charge < -0.3 is 9.73 Å². The zero-order chi connectivity index (χ0) is 23.0. The van der Waals surface area contributed by atoms with Crippen LogP contribution >= 0.6 is 35.0 Å². The van der Waals surface area contributed by atoms with Crippen LogP contribution in [0.2, 0.25) is 10.0 Å². The van der Waals surface area contributed by atoms with Gasteiger partial charge in [0.25, 0.3) is 10.0 Å². The average Bonchev–Trinajstić information content (AvgIpc) is 3.31. The number of hydrogen-bond donors (Lipinski definition) is 1. The molecule has 0 atom stereocenters. The molecule has 2 aromatic carbocycles. The Kier molecular flexibility index (Phi) is 8.92. The highest BCUT2D eigenvalue weighted by Gasteiger charge is 2.29. The molecule has 10 heteroatoms. The topological polar surface area (TPSA) is 79.6 Å². The molecule has 0 fully saturated rings. The minimum Gasteiger partial charge on any atom is -0.468 e. The van der Waals surface area contributed by atoms with Crippen molar-refractivity contribution in [2.24, 2.45) is 0 Å². The maximum Gasteiger partial charge on any atom is 0.264 e. The van der Waals surface area contributed by atoms with Crippen LogP contribution in [-0.2, 0) is 20.6 Å². The Balaban J connectivity index is 1.65. The Labute approximate surface area is 201 Å². The van der Waals surface area contributed by atoms with E-state index >= 15 is 0 Å². The normalized spacial score (nSPS) is 11.3. The molecule has 1 amide bonds. The SMILES string of the molecule is O=C(CN(c1cccc(Cl)c1Cl)S(=O)(=O)c1ccccc1)NCCCSCc1ccco1. The van der Waals surface area contributed by atoms with Crippen molar-refractivity contribution < 1.29 is 17.6 Å². The number of furan rings is 1. The lowest BCUT2D eigenvalue weighted by atomic mass is 10.3. The summed E-state index contributed by atoms with van der Waals surface area (Å²) >= 11 is 14.1. The highest BCUT2D eigenvalue weighted by Crippen LogP contribution is 2.35. The molecule has 0 unspecified atom stereocenters. The van der Waals surface area contributed by atoms with Gasteiger partial charge >= 0.3 is 0 Å². The predicted octanol–water partition coefficient (Wildman–Crippen LogP) is 5.22. The largest absolute Gasteiger partial charge is 0.468 e. The highest BCUT2D eigenvalue weighted by molar-refractivity contribution is 7.98. The van der Waals surface area contributed by atoms with Crippen molar-refractivity contribution in [1.29, 1.82) is 0 Å². The maximum absolute atomic E-state index is 13.3. The first-order valence-corrected chi connectivity index (χ1v) is 13.1. The van der Waals surface area contributed by atoms with Crippen LogP contribution in [0.15, 0.2) is 76.2 Å². The Bertz CT molecular complexity index is 1120. The van der Waals surface area contributed by atoms with Crippen molar-refractivity contribution in [2.45, 2.75) is 17.1 Å². The zero-order valence-electron chi connectivity index (χ0n) is 17.0. The van der Waals surface area contributed by atoms with E-state index in [4.69, 9.17) is 27.6 Å². The monoisotopic (exact) mass is 512 g/mol. The van der Waals surface area contributed by atoms with Crippen LogP contribution in [0.3, 0.4) is 0 Å². The third-order valence-corrected chi connectivity index (χ3v) is 8.08. The van der Waals surface area contributed by atoms with Crippen LogP contribution in [0.5, 0.6) is 0 Å². The van der Waals surface area contributed by atoms with Crippen molar-refractivity contribution in [3.05, 3.63) is 82.7 Å². The summed E-state index contributed by atoms with van der Waals surface area (Å²) in [5, 5.41) is 3.04. The molecule has 0 spiro atoms. The summed E-state index contributed by atoms with van der Waals surface area (Å²) in [7, 11) is -4.04. The van der Waals surface area contributed by atoms with Gasteiger partial charge in [-0.2, -0.15) is 11.8 Å². The van der Waals surface area contributed by atoms with E-state index < -0.39 is 22.5 Å². The van der Waals surface area contributed by atoms with Gasteiger partial charge in [0.2, 0.25) is 5.91 Å². The standard InChI is InChI=1S/C22H22Cl2N2O4S2/c23-19-10-4-11-20(22(19)24)26(32(28,29)18-8-2-1-3-9-18)15-21(27)25-12-6-14-31-16-17-7-5-13-30-17/h1-5,7-11,13H,6,12,14-16H2,(H,25,27). The number of carbonyl (C=O) groups is 1. The van der Waals surface area contributed by atoms with E-state index in [-0.39, 0.29) is 20.6 Å². The minimum atomic E-state index is -4.04. The van der Waals surface area contributed by atoms with Crippen molar-refractivity contribution in [3.8, 4) is 0 Å². The number of nitrogens with one attached hydrogen (secondary N) is 1. The molecule has 0 aliphatic heterocycles. The van der Waals surface area contributed by atoms with Gasteiger partial charge in [-0.05, 0) is 48.6 Å². The molecule has 1 aromatic heterocycles. The summed E-state index contributed by atoms with van der Waals surface area (Å²) in [6, 6.07) is 16.3. The van der Waals surface area contributed by atoms with Gasteiger partial charge in [-0.15, -0.1) is 0 Å². The lowest BCUT2D eigenvalue weighted by Gasteiger charge is -2.25. The van der Waals surface area contributed by atoms with E-state index in [0.29, 0.717) is 6.54 Å². The number of anilines is 1. The van der Waals surface area contributed by atoms with Gasteiger partial charge in [-0.1, -0.05) is 47.5 Å². The van der Waals surface area contributed by atoms with Crippen LogP contribution in [0.25, 0.3) is 0 Å². The number of sulfonamides is 1. The van der Waals surface area contributed by atoms with E-state index in [0.717, 1.165) is 28.0 Å². The summed E-state index contributed by atoms with van der Waals surface area (Å²) in [4.78, 5) is 12.7. The number of thioether (sulfide) groups is 1. The first-order chi connectivity index (χ1) is 15.4. The summed E-state index contributed by atoms with van der Waals surface area (Å²) in [6.07, 6.45) is 2.37. The molecule has 0 aliphatic carbocycles. The second kappa shape index (κ2) is 11.7. The van der Waals surface area contributed by atoms with E-state index in [1.54, 1.807) is 48.4 Å². The molecule has 170 valence electrons. The summed E-state index contributed by atoms with van der Waals surface area (Å²) < 4.78 is 32.8. The second-order valence-corrected chi connectivity index (χ2v) is 10.5. The zero-order valence-corrected chi connectivity index (χ0v) is 20.2. The molecule has 3 rings (SSSR count). The Morgan fingerprint density at radius 1 is 1.03 bits per heavy atom. The molecule has 0 bridgehead atoms. The molecule has 0 saturated heterocycles. The molecular formula is C22H22Cl2N2O4S2. The predicted molar refractivity (Wildman–Crippen MR) is 130 cm³/mol. The molecule has 1 N–H and O–H groups in total. The first kappa shape index (κ1) is 24.5. The third kappa shape index (κ3) is 6.45. The van der Waals surface area contributed by atoms with Crippen LogP contribution in [0.4, 0.5) is 5.69 Å². The van der Waals surface area contributed by atoms with Crippen LogP contribution in [0.1, 0.15) is 12.2 Å². The third-order valence-electron chi connectivity index (χ3n) is 4.43. The van der Waals surface area contributed by atoms with Crippen molar-refractivity contribution in [2.75, 3.05) is 23.1 Å². The number of benzene rings is 2. The van der Waals surface area contributed by atoms with E-state index in [1.165, 1.54) is 18.2 Å². The Morgan fingerprint density at radius 2 is 1.81 bits per heavy atom. The van der Waals surface area contributed by atoms with Gasteiger partial charge in [0.05, 0.1) is 32.6 Å². The van der Waals surface area contributed by atoms with Crippen LogP contribution < -0.4 is 9.62 Å². The average molecular weight is 513 g/mol. The number of hydrogen-bond acceptors (Lipinski definition) is 5. The number of rotatable bonds is 11. The van der Waals surface area contributed by atoms with Gasteiger partial charge in [0.1, 0.15) is 12.3 Å². The molecule has 32 heavy (non-hydrogen) atoms. The second-order valence-electron chi connectivity index (χ2n) is 6.73. The van der Waals surface area contributed by atoms with Crippen molar-refractivity contribution in [3.63, 3.8) is 0 Å². The van der Waals surface area contributed by atoms with E-state index in [1.807, 2.05) is 12.1 Å². The van der Waals surface area contributed by atoms with Crippen molar-refractivity contribution in [1.82, 2.24) is 5.32 Å². The highest BCUT2D eigenvalue weighted by atomic mass is 35.5. The summed E-state index contributed by atoms with van der Waals surface area (Å²) in [5.41, 5.74) is 0.146. The lowest BCUT2D eigenvalue weighted by molar-refractivity contribution is -0.119. The van der Waals surface area contributed by atoms with Gasteiger partial charge in [0, 0.05) is 6.54 Å². The molecule has 0 radical (unpaired) electrons. The van der Waals surface area contributed by atoms with Crippen LogP contribution in [-0.4, -0.2) is 33.2 Å². The molecule has 6 nitrogen and oxygen atoms in total. The number of halogens is 2. The molecular weight excluding hydrogens is 491 g/mol. The minimum absolute atomic E-state index is 0.0539. The first-order valence-electron chi connectivity index (χ1n) is 9.78. The fourth-order valence-electron chi connectivity index (χ4n) is 2.86. The Hall–Kier alpha value is -2.13. The molecule has 0 saturated carbocycles. The number of carbonyl (C=O) groups excluding carboxylic acids is 1. The number of amides is 1. The Morgan fingerprint density at radius 3 is 2.53 bits per heavy atom. The van der Waals surface area contributed by atoms with Gasteiger partial charge in [-0.3, -0.25) is 9.10 Å². The van der Waals surface area contributed by atoms with Crippen LogP contribution in [0, 0.1) is 0 Å². The van der Waals surface area contributed by atoms with Gasteiger partial charge in [-0.25, -0.2) is 8.42 Å². The molecule has 1 heterocycles. The van der Waals surface area contributed by atoms with Gasteiger partial charge in [0.15, 0.2) is 0 Å². The number of nitrogens with zero attached hydrogens (tertiary/aromatic N) is 1. The fourth-order valence-corrected chi connectivity index (χ4v) is 5.62. The summed E-state index contributed by atoms with van der Waals surface area (Å²) in [6.45, 7) is 0.00329. The molecule has 3 aromatic rings. The fraction of sp³-hybridized carbons (Fsp3) is 0.227. The van der Waals surface area contributed by atoms with Crippen molar-refractivity contribution >= 4 is 56.6 Å². The quantitative estimate of drug-likeness (QED) is 0.356. The van der Waals surface area contributed by atoms with E-state index in [9.17, 15) is 13.2 Å². The lowest BCUT2D eigenvalue weighted by Crippen LogP contribution is -2.41. The molecule has 0 aliphatic rings. The van der Waals surface area contributed by atoms with E-state index in [2.05, 4.69) is 5.32 Å². The summed E-state index contributed by atoms with van der Waals surface area (Å²) in [5.74, 6) is 2.06.